The van der Waals surface area contributed by atoms with Gasteiger partial charge in [0.15, 0.2) is 0 Å². The van der Waals surface area contributed by atoms with Gasteiger partial charge in [0.1, 0.15) is 12.2 Å². The molecule has 0 spiro atoms. The van der Waals surface area contributed by atoms with E-state index in [4.69, 9.17) is 9.84 Å². The second kappa shape index (κ2) is 4.77. The number of carboxylic acid groups (broad SMARTS) is 1. The maximum atomic E-state index is 10.6. The Labute approximate surface area is 87.9 Å². The zero-order chi connectivity index (χ0) is 11.4. The SMILES string of the molecule is COc1nnc(CC(=O)O)n1CC(C)C. The monoisotopic (exact) mass is 213 g/mol. The molecule has 0 amide bonds. The van der Waals surface area contributed by atoms with Crippen LogP contribution in [0.4, 0.5) is 0 Å². The molecule has 1 aromatic heterocycles. The Balaban J connectivity index is 2.94. The molecule has 1 N–H and O–H groups in total. The Morgan fingerprint density at radius 3 is 2.67 bits per heavy atom. The van der Waals surface area contributed by atoms with Crippen molar-refractivity contribution in [1.29, 1.82) is 0 Å². The van der Waals surface area contributed by atoms with Gasteiger partial charge in [0.2, 0.25) is 0 Å². The molecule has 0 aliphatic rings. The summed E-state index contributed by atoms with van der Waals surface area (Å²) >= 11 is 0. The number of hydrogen-bond donors (Lipinski definition) is 1. The third kappa shape index (κ3) is 2.93. The summed E-state index contributed by atoms with van der Waals surface area (Å²) < 4.78 is 6.70. The summed E-state index contributed by atoms with van der Waals surface area (Å²) in [5.41, 5.74) is 0. The van der Waals surface area contributed by atoms with Crippen LogP contribution in [0.15, 0.2) is 0 Å². The van der Waals surface area contributed by atoms with Gasteiger partial charge in [0.05, 0.1) is 7.11 Å². The van der Waals surface area contributed by atoms with Crippen LogP contribution in [0.3, 0.4) is 0 Å². The molecular weight excluding hydrogens is 198 g/mol. The van der Waals surface area contributed by atoms with Crippen molar-refractivity contribution >= 4 is 5.97 Å². The van der Waals surface area contributed by atoms with Crippen molar-refractivity contribution in [3.05, 3.63) is 5.82 Å². The van der Waals surface area contributed by atoms with E-state index in [9.17, 15) is 4.79 Å². The van der Waals surface area contributed by atoms with E-state index in [1.807, 2.05) is 13.8 Å². The maximum Gasteiger partial charge on any atom is 0.316 e. The first-order valence-corrected chi connectivity index (χ1v) is 4.72. The second-order valence-corrected chi connectivity index (χ2v) is 3.68. The van der Waals surface area contributed by atoms with Gasteiger partial charge in [-0.05, 0) is 5.92 Å². The molecule has 0 aliphatic carbocycles. The van der Waals surface area contributed by atoms with Crippen molar-refractivity contribution in [3.8, 4) is 6.01 Å². The van der Waals surface area contributed by atoms with Gasteiger partial charge in [0, 0.05) is 6.54 Å². The molecule has 15 heavy (non-hydrogen) atoms. The van der Waals surface area contributed by atoms with E-state index < -0.39 is 5.97 Å². The number of methoxy groups -OCH3 is 1. The highest BCUT2D eigenvalue weighted by Crippen LogP contribution is 2.13. The molecule has 0 aliphatic heterocycles. The van der Waals surface area contributed by atoms with Crippen LogP contribution in [0, 0.1) is 5.92 Å². The number of aliphatic carboxylic acids is 1. The van der Waals surface area contributed by atoms with Gasteiger partial charge >= 0.3 is 12.0 Å². The molecule has 0 aromatic carbocycles. The molecule has 6 nitrogen and oxygen atoms in total. The average Bonchev–Trinajstić information content (AvgIpc) is 2.47. The van der Waals surface area contributed by atoms with Gasteiger partial charge in [-0.2, -0.15) is 0 Å². The van der Waals surface area contributed by atoms with E-state index >= 15 is 0 Å². The van der Waals surface area contributed by atoms with Crippen LogP contribution in [0.2, 0.25) is 0 Å². The molecule has 0 radical (unpaired) electrons. The van der Waals surface area contributed by atoms with Crippen molar-refractivity contribution in [2.24, 2.45) is 5.92 Å². The maximum absolute atomic E-state index is 10.6. The molecule has 0 fully saturated rings. The second-order valence-electron chi connectivity index (χ2n) is 3.68. The highest BCUT2D eigenvalue weighted by Gasteiger charge is 2.15. The third-order valence-electron chi connectivity index (χ3n) is 1.83. The summed E-state index contributed by atoms with van der Waals surface area (Å²) in [6.45, 7) is 4.72. The van der Waals surface area contributed by atoms with E-state index in [0.717, 1.165) is 0 Å². The van der Waals surface area contributed by atoms with Crippen LogP contribution in [0.25, 0.3) is 0 Å². The van der Waals surface area contributed by atoms with Crippen molar-refractivity contribution < 1.29 is 14.6 Å². The normalized spacial score (nSPS) is 10.7. The van der Waals surface area contributed by atoms with E-state index in [1.54, 1.807) is 4.57 Å². The lowest BCUT2D eigenvalue weighted by Crippen LogP contribution is -2.13. The average molecular weight is 213 g/mol. The van der Waals surface area contributed by atoms with E-state index in [0.29, 0.717) is 24.3 Å². The topological polar surface area (TPSA) is 77.2 Å². The van der Waals surface area contributed by atoms with Gasteiger partial charge < -0.3 is 9.84 Å². The van der Waals surface area contributed by atoms with Gasteiger partial charge in [0.25, 0.3) is 0 Å². The van der Waals surface area contributed by atoms with Crippen molar-refractivity contribution in [3.63, 3.8) is 0 Å². The Kier molecular flexibility index (Phi) is 3.65. The lowest BCUT2D eigenvalue weighted by molar-refractivity contribution is -0.136. The molecule has 84 valence electrons. The predicted molar refractivity (Wildman–Crippen MR) is 52.8 cm³/mol. The highest BCUT2D eigenvalue weighted by atomic mass is 16.5. The number of ether oxygens (including phenoxy) is 1. The number of carbonyl (C=O) groups is 1. The van der Waals surface area contributed by atoms with Crippen LogP contribution >= 0.6 is 0 Å². The number of carboxylic acids is 1. The largest absolute Gasteiger partial charge is 0.481 e. The molecule has 1 aromatic rings. The molecule has 0 saturated carbocycles. The number of rotatable bonds is 5. The first-order valence-electron chi connectivity index (χ1n) is 4.72. The molecule has 0 atom stereocenters. The zero-order valence-electron chi connectivity index (χ0n) is 9.10. The lowest BCUT2D eigenvalue weighted by atomic mass is 10.2. The van der Waals surface area contributed by atoms with E-state index in [-0.39, 0.29) is 6.42 Å². The number of nitrogens with zero attached hydrogens (tertiary/aromatic N) is 3. The fourth-order valence-electron chi connectivity index (χ4n) is 1.28. The number of hydrogen-bond acceptors (Lipinski definition) is 4. The Morgan fingerprint density at radius 2 is 2.20 bits per heavy atom. The standard InChI is InChI=1S/C9H15N3O3/c1-6(2)5-12-7(4-8(13)14)10-11-9(12)15-3/h6H,4-5H2,1-3H3,(H,13,14). The summed E-state index contributed by atoms with van der Waals surface area (Å²) in [5, 5.41) is 16.2. The van der Waals surface area contributed by atoms with Crippen molar-refractivity contribution in [2.75, 3.05) is 7.11 Å². The summed E-state index contributed by atoms with van der Waals surface area (Å²) in [7, 11) is 1.49. The minimum Gasteiger partial charge on any atom is -0.481 e. The smallest absolute Gasteiger partial charge is 0.316 e. The molecule has 0 saturated heterocycles. The minimum absolute atomic E-state index is 0.136. The van der Waals surface area contributed by atoms with Crippen LogP contribution in [-0.2, 0) is 17.8 Å². The Hall–Kier alpha value is -1.59. The summed E-state index contributed by atoms with van der Waals surface area (Å²) in [5.74, 6) is -0.120. The molecule has 1 heterocycles. The Bertz CT molecular complexity index is 346. The minimum atomic E-state index is -0.921. The van der Waals surface area contributed by atoms with Gasteiger partial charge in [-0.25, -0.2) is 0 Å². The van der Waals surface area contributed by atoms with Crippen LogP contribution in [-0.4, -0.2) is 33.0 Å². The van der Waals surface area contributed by atoms with Crippen LogP contribution < -0.4 is 4.74 Å². The van der Waals surface area contributed by atoms with Gasteiger partial charge in [-0.15, -0.1) is 5.10 Å². The van der Waals surface area contributed by atoms with Crippen molar-refractivity contribution in [1.82, 2.24) is 14.8 Å². The van der Waals surface area contributed by atoms with Gasteiger partial charge in [-0.3, -0.25) is 9.36 Å². The summed E-state index contributed by atoms with van der Waals surface area (Å²) in [4.78, 5) is 10.6. The zero-order valence-corrected chi connectivity index (χ0v) is 9.10. The quantitative estimate of drug-likeness (QED) is 0.773. The first kappa shape index (κ1) is 11.5. The molecule has 0 unspecified atom stereocenters. The first-order chi connectivity index (χ1) is 7.04. The van der Waals surface area contributed by atoms with Crippen LogP contribution in [0.5, 0.6) is 6.01 Å². The third-order valence-corrected chi connectivity index (χ3v) is 1.83. The number of aromatic nitrogens is 3. The lowest BCUT2D eigenvalue weighted by Gasteiger charge is -2.10. The molecule has 1 rings (SSSR count). The van der Waals surface area contributed by atoms with Crippen molar-refractivity contribution in [2.45, 2.75) is 26.8 Å². The van der Waals surface area contributed by atoms with Gasteiger partial charge in [-0.1, -0.05) is 18.9 Å². The molecule has 6 heteroatoms. The van der Waals surface area contributed by atoms with E-state index in [2.05, 4.69) is 10.2 Å². The predicted octanol–water partition coefficient (Wildman–Crippen LogP) is 0.570. The van der Waals surface area contributed by atoms with E-state index in [1.165, 1.54) is 7.11 Å². The fourth-order valence-corrected chi connectivity index (χ4v) is 1.28. The fraction of sp³-hybridized carbons (Fsp3) is 0.667. The summed E-state index contributed by atoms with van der Waals surface area (Å²) in [6, 6.07) is 0.361. The molecule has 0 bridgehead atoms. The van der Waals surface area contributed by atoms with Crippen LogP contribution in [0.1, 0.15) is 19.7 Å². The molecular formula is C9H15N3O3. The Morgan fingerprint density at radius 1 is 1.53 bits per heavy atom. The summed E-state index contributed by atoms with van der Waals surface area (Å²) in [6.07, 6.45) is -0.136. The highest BCUT2D eigenvalue weighted by molar-refractivity contribution is 5.69.